The Bertz CT molecular complexity index is 554. The van der Waals surface area contributed by atoms with Crippen LogP contribution in [0.2, 0.25) is 0 Å². The Labute approximate surface area is 98.5 Å². The van der Waals surface area contributed by atoms with E-state index < -0.39 is 33.8 Å². The van der Waals surface area contributed by atoms with Crippen molar-refractivity contribution in [1.29, 1.82) is 0 Å². The molecule has 4 N–H and O–H groups in total. The monoisotopic (exact) mass is 259 g/mol. The van der Waals surface area contributed by atoms with E-state index in [1.54, 1.807) is 0 Å². The predicted molar refractivity (Wildman–Crippen MR) is 57.6 cm³/mol. The highest BCUT2D eigenvalue weighted by atomic mass is 19.1. The van der Waals surface area contributed by atoms with Crippen molar-refractivity contribution >= 4 is 17.9 Å². The van der Waals surface area contributed by atoms with Crippen molar-refractivity contribution in [2.45, 2.75) is 0 Å². The number of hydrogen-bond donors (Lipinski definition) is 2. The summed E-state index contributed by atoms with van der Waals surface area (Å²) < 4.78 is 26.0. The van der Waals surface area contributed by atoms with Crippen LogP contribution in [-0.2, 0) is 0 Å². The van der Waals surface area contributed by atoms with Crippen molar-refractivity contribution in [3.63, 3.8) is 0 Å². The highest BCUT2D eigenvalue weighted by molar-refractivity contribution is 5.85. The normalized spacial score (nSPS) is 10.6. The molecule has 0 fully saturated rings. The van der Waals surface area contributed by atoms with Crippen LogP contribution in [0.25, 0.3) is 0 Å². The van der Waals surface area contributed by atoms with Gasteiger partial charge in [-0.1, -0.05) is 0 Å². The predicted octanol–water partition coefficient (Wildman–Crippen LogP) is -0.00940. The van der Waals surface area contributed by atoms with Gasteiger partial charge in [0, 0.05) is 6.07 Å². The van der Waals surface area contributed by atoms with E-state index in [0.717, 1.165) is 0 Å². The average molecular weight is 259 g/mol. The molecule has 10 heteroatoms. The van der Waals surface area contributed by atoms with Crippen LogP contribution in [-0.4, -0.2) is 21.9 Å². The van der Waals surface area contributed by atoms with Crippen LogP contribution in [0.5, 0.6) is 0 Å². The molecule has 0 atom stereocenters. The van der Waals surface area contributed by atoms with Gasteiger partial charge >= 0.3 is 11.6 Å². The van der Waals surface area contributed by atoms with Crippen LogP contribution in [0.3, 0.4) is 0 Å². The van der Waals surface area contributed by atoms with Gasteiger partial charge < -0.3 is 5.21 Å². The van der Waals surface area contributed by atoms with E-state index >= 15 is 0 Å². The van der Waals surface area contributed by atoms with E-state index in [-0.39, 0.29) is 4.85 Å². The van der Waals surface area contributed by atoms with Crippen molar-refractivity contribution in [3.05, 3.63) is 44.7 Å². The Balaban J connectivity index is 3.32. The lowest BCUT2D eigenvalue weighted by Gasteiger charge is -2.03. The van der Waals surface area contributed by atoms with Gasteiger partial charge in [-0.3, -0.25) is 21.6 Å². The summed E-state index contributed by atoms with van der Waals surface area (Å²) in [6.07, 6.45) is 0.580. The minimum Gasteiger partial charge on any atom is -0.722 e. The van der Waals surface area contributed by atoms with Gasteiger partial charge in [0.05, 0.1) is 16.7 Å². The molecule has 0 unspecified atom stereocenters. The molecule has 0 aromatic heterocycles. The molecule has 96 valence electrons. The number of nitro benzene ring substituents is 1. The zero-order valence-electron chi connectivity index (χ0n) is 8.71. The summed E-state index contributed by atoms with van der Waals surface area (Å²) >= 11 is 0. The Kier molecular flexibility index (Phi) is 3.72. The number of rotatable bonds is 3. The second-order valence-corrected chi connectivity index (χ2v) is 3.02. The number of hydrazone groups is 1. The van der Waals surface area contributed by atoms with Gasteiger partial charge in [-0.25, -0.2) is 4.39 Å². The van der Waals surface area contributed by atoms with Gasteiger partial charge in [0.1, 0.15) is 5.82 Å². The van der Waals surface area contributed by atoms with Crippen LogP contribution >= 0.6 is 0 Å². The second kappa shape index (κ2) is 5.03. The summed E-state index contributed by atoms with van der Waals surface area (Å²) in [5, 5.41) is 24.5. The maximum absolute atomic E-state index is 13.2. The van der Waals surface area contributed by atoms with Crippen LogP contribution in [0.1, 0.15) is 5.56 Å². The van der Waals surface area contributed by atoms with Crippen LogP contribution in [0, 0.1) is 27.0 Å². The van der Waals surface area contributed by atoms with Gasteiger partial charge in [-0.05, 0) is 6.07 Å². The Morgan fingerprint density at radius 2 is 1.94 bits per heavy atom. The number of benzene rings is 1. The maximum Gasteiger partial charge on any atom is 0.366 e. The van der Waals surface area contributed by atoms with Crippen molar-refractivity contribution in [2.75, 3.05) is 0 Å². The first-order valence-electron chi connectivity index (χ1n) is 4.35. The molecule has 0 heterocycles. The van der Waals surface area contributed by atoms with Gasteiger partial charge in [0.25, 0.3) is 0 Å². The van der Waals surface area contributed by atoms with Crippen molar-refractivity contribution in [2.24, 2.45) is 16.6 Å². The molecule has 1 rings (SSSR count). The lowest BCUT2D eigenvalue weighted by Crippen LogP contribution is -2.30. The molecule has 0 aliphatic carbocycles. The van der Waals surface area contributed by atoms with E-state index in [0.29, 0.717) is 18.3 Å². The number of nitro groups is 1. The fraction of sp³-hybridized carbons (Fsp3) is 0. The first-order chi connectivity index (χ1) is 8.32. The van der Waals surface area contributed by atoms with Crippen LogP contribution in [0.4, 0.5) is 14.5 Å². The molecule has 0 spiro atoms. The van der Waals surface area contributed by atoms with E-state index in [2.05, 4.69) is 5.10 Å². The molecule has 8 nitrogen and oxygen atoms in total. The van der Waals surface area contributed by atoms with Gasteiger partial charge in [0.2, 0.25) is 5.82 Å². The standard InChI is InChI=1S/C8H7F2N5O3/c9-5-1-4(3-13-14(16)8(11)12)7(15(17)18)6(10)2-5/h1-3H,11-12H2. The van der Waals surface area contributed by atoms with Crippen molar-refractivity contribution in [3.8, 4) is 0 Å². The summed E-state index contributed by atoms with van der Waals surface area (Å²) in [4.78, 5) is 9.24. The van der Waals surface area contributed by atoms with Gasteiger partial charge in [-0.2, -0.15) is 4.39 Å². The number of hydrogen-bond acceptors (Lipinski definition) is 4. The minimum absolute atomic E-state index is 0.257. The Morgan fingerprint density at radius 3 is 2.44 bits per heavy atom. The largest absolute Gasteiger partial charge is 0.722 e. The minimum atomic E-state index is -1.39. The van der Waals surface area contributed by atoms with Crippen molar-refractivity contribution < 1.29 is 18.6 Å². The van der Waals surface area contributed by atoms with E-state index in [1.165, 1.54) is 0 Å². The SMILES string of the molecule is NC(N)=[N+]([O-])N=Cc1cc(F)cc(F)c1[N+](=O)[O-]. The van der Waals surface area contributed by atoms with Gasteiger partial charge in [-0.15, -0.1) is 9.95 Å². The number of guanidine groups is 1. The lowest BCUT2D eigenvalue weighted by atomic mass is 10.2. The molecule has 1 aromatic carbocycles. The number of nitrogens with zero attached hydrogens (tertiary/aromatic N) is 3. The third-order valence-corrected chi connectivity index (χ3v) is 1.76. The van der Waals surface area contributed by atoms with E-state index in [4.69, 9.17) is 11.5 Å². The van der Waals surface area contributed by atoms with E-state index in [1.807, 2.05) is 0 Å². The lowest BCUT2D eigenvalue weighted by molar-refractivity contribution is -0.464. The molecular weight excluding hydrogens is 252 g/mol. The third-order valence-electron chi connectivity index (χ3n) is 1.76. The molecule has 0 radical (unpaired) electrons. The zero-order valence-corrected chi connectivity index (χ0v) is 8.71. The smallest absolute Gasteiger partial charge is 0.366 e. The first kappa shape index (κ1) is 13.3. The molecule has 0 amide bonds. The van der Waals surface area contributed by atoms with Gasteiger partial charge in [0.15, 0.2) is 0 Å². The number of halogens is 2. The first-order valence-corrected chi connectivity index (χ1v) is 4.35. The summed E-state index contributed by atoms with van der Waals surface area (Å²) in [7, 11) is 0. The highest BCUT2D eigenvalue weighted by Gasteiger charge is 2.20. The summed E-state index contributed by atoms with van der Waals surface area (Å²) in [6.45, 7) is 0. The molecule has 18 heavy (non-hydrogen) atoms. The molecule has 0 aliphatic rings. The molecule has 0 bridgehead atoms. The third kappa shape index (κ3) is 2.87. The zero-order chi connectivity index (χ0) is 13.9. The number of nitrogens with two attached hydrogens (primary N) is 2. The average Bonchev–Trinajstić information content (AvgIpc) is 2.23. The van der Waals surface area contributed by atoms with Crippen molar-refractivity contribution in [1.82, 2.24) is 0 Å². The topological polar surface area (TPSA) is 134 Å². The fourth-order valence-electron chi connectivity index (χ4n) is 1.06. The molecule has 0 saturated carbocycles. The summed E-state index contributed by atoms with van der Waals surface area (Å²) in [6, 6.07) is 0.985. The quantitative estimate of drug-likeness (QED) is 0.196. The summed E-state index contributed by atoms with van der Waals surface area (Å²) in [5.41, 5.74) is 8.20. The second-order valence-electron chi connectivity index (χ2n) is 3.02. The van der Waals surface area contributed by atoms with E-state index in [9.17, 15) is 24.1 Å². The molecule has 1 aromatic rings. The maximum atomic E-state index is 13.2. The molecule has 0 aliphatic heterocycles. The molecular formula is C8H7F2N5O3. The highest BCUT2D eigenvalue weighted by Crippen LogP contribution is 2.22. The Morgan fingerprint density at radius 1 is 1.33 bits per heavy atom. The van der Waals surface area contributed by atoms with Crippen LogP contribution in [0.15, 0.2) is 17.2 Å². The molecule has 0 saturated heterocycles. The summed E-state index contributed by atoms with van der Waals surface area (Å²) in [5.74, 6) is -3.17. The Hall–Kier alpha value is -2.78. The van der Waals surface area contributed by atoms with Crippen LogP contribution < -0.4 is 11.5 Å². The fourth-order valence-corrected chi connectivity index (χ4v) is 1.06.